The van der Waals surface area contributed by atoms with Gasteiger partial charge in [-0.2, -0.15) is 4.37 Å². The number of hydrogen-bond acceptors (Lipinski definition) is 6. The number of rotatable bonds is 3. The molecule has 2 atom stereocenters. The Labute approximate surface area is 143 Å². The molecular weight excluding hydrogens is 328 g/mol. The second-order valence-electron chi connectivity index (χ2n) is 5.60. The third kappa shape index (κ3) is 3.95. The van der Waals surface area contributed by atoms with E-state index < -0.39 is 11.8 Å². The van der Waals surface area contributed by atoms with Crippen molar-refractivity contribution >= 4 is 28.3 Å². The molecule has 24 heavy (non-hydrogen) atoms. The molecule has 8 heteroatoms. The van der Waals surface area contributed by atoms with Gasteiger partial charge in [-0.15, -0.1) is 0 Å². The molecule has 2 aromatic rings. The van der Waals surface area contributed by atoms with Crippen LogP contribution in [0.3, 0.4) is 0 Å². The van der Waals surface area contributed by atoms with Crippen LogP contribution >= 0.6 is 11.5 Å². The standard InChI is InChI=1S/C16H18N4O3S/c1-10-9-18-24-16(10)20-15(22)14(21)19-11-5-7-23-13(8-11)12-4-2-3-6-17-12/h2-4,6,9,11,13H,5,7-8H2,1H3,(H,19,21)(H,20,22)/t11-,13-/m1/s1. The zero-order chi connectivity index (χ0) is 16.9. The van der Waals surface area contributed by atoms with Crippen molar-refractivity contribution in [2.45, 2.75) is 31.9 Å². The number of amides is 2. The molecule has 3 heterocycles. The smallest absolute Gasteiger partial charge is 0.314 e. The maximum absolute atomic E-state index is 12.1. The van der Waals surface area contributed by atoms with Crippen molar-refractivity contribution in [1.82, 2.24) is 14.7 Å². The Morgan fingerprint density at radius 1 is 1.33 bits per heavy atom. The van der Waals surface area contributed by atoms with Gasteiger partial charge >= 0.3 is 11.8 Å². The molecular formula is C16H18N4O3S. The third-order valence-corrected chi connectivity index (χ3v) is 4.64. The number of hydrogen-bond donors (Lipinski definition) is 2. The molecule has 3 rings (SSSR count). The van der Waals surface area contributed by atoms with E-state index >= 15 is 0 Å². The molecule has 1 aliphatic rings. The van der Waals surface area contributed by atoms with Gasteiger partial charge in [-0.3, -0.25) is 14.6 Å². The fourth-order valence-electron chi connectivity index (χ4n) is 2.52. The highest BCUT2D eigenvalue weighted by atomic mass is 32.1. The summed E-state index contributed by atoms with van der Waals surface area (Å²) < 4.78 is 9.68. The van der Waals surface area contributed by atoms with Crippen molar-refractivity contribution in [1.29, 1.82) is 0 Å². The highest BCUT2D eigenvalue weighted by Crippen LogP contribution is 2.26. The van der Waals surface area contributed by atoms with Crippen LogP contribution in [-0.2, 0) is 14.3 Å². The summed E-state index contributed by atoms with van der Waals surface area (Å²) in [6.07, 6.45) is 4.45. The lowest BCUT2D eigenvalue weighted by Crippen LogP contribution is -2.44. The van der Waals surface area contributed by atoms with E-state index in [9.17, 15) is 9.59 Å². The van der Waals surface area contributed by atoms with Crippen LogP contribution in [0, 0.1) is 6.92 Å². The van der Waals surface area contributed by atoms with E-state index in [2.05, 4.69) is 20.0 Å². The van der Waals surface area contributed by atoms with Gasteiger partial charge in [0.25, 0.3) is 0 Å². The number of nitrogens with zero attached hydrogens (tertiary/aromatic N) is 2. The summed E-state index contributed by atoms with van der Waals surface area (Å²) in [5, 5.41) is 5.95. The lowest BCUT2D eigenvalue weighted by atomic mass is 10.0. The molecule has 0 unspecified atom stereocenters. The van der Waals surface area contributed by atoms with Crippen LogP contribution in [0.4, 0.5) is 5.00 Å². The van der Waals surface area contributed by atoms with Gasteiger partial charge in [0.2, 0.25) is 0 Å². The predicted molar refractivity (Wildman–Crippen MR) is 89.6 cm³/mol. The Bertz CT molecular complexity index is 719. The molecule has 2 aromatic heterocycles. The van der Waals surface area contributed by atoms with Crippen molar-refractivity contribution in [3.8, 4) is 0 Å². The van der Waals surface area contributed by atoms with Crippen LogP contribution in [-0.4, -0.2) is 33.8 Å². The predicted octanol–water partition coefficient (Wildman–Crippen LogP) is 1.82. The Morgan fingerprint density at radius 3 is 2.92 bits per heavy atom. The number of ether oxygens (including phenoxy) is 1. The molecule has 1 fully saturated rings. The zero-order valence-electron chi connectivity index (χ0n) is 13.2. The molecule has 0 spiro atoms. The minimum atomic E-state index is -0.678. The van der Waals surface area contributed by atoms with E-state index in [1.807, 2.05) is 25.1 Å². The first-order chi connectivity index (χ1) is 11.6. The monoisotopic (exact) mass is 346 g/mol. The molecule has 0 aromatic carbocycles. The van der Waals surface area contributed by atoms with Gasteiger partial charge in [-0.25, -0.2) is 0 Å². The minimum absolute atomic E-state index is 0.119. The Balaban J connectivity index is 1.56. The fraction of sp³-hybridized carbons (Fsp3) is 0.375. The summed E-state index contributed by atoms with van der Waals surface area (Å²) in [5.41, 5.74) is 1.67. The number of carbonyl (C=O) groups is 2. The normalized spacial score (nSPS) is 20.4. The number of pyridine rings is 1. The summed E-state index contributed by atoms with van der Waals surface area (Å²) in [4.78, 5) is 28.4. The lowest BCUT2D eigenvalue weighted by molar-refractivity contribution is -0.137. The van der Waals surface area contributed by atoms with Crippen LogP contribution in [0.5, 0.6) is 0 Å². The first kappa shape index (κ1) is 16.5. The van der Waals surface area contributed by atoms with Crippen molar-refractivity contribution < 1.29 is 14.3 Å². The topological polar surface area (TPSA) is 93.2 Å². The molecule has 1 aliphatic heterocycles. The minimum Gasteiger partial charge on any atom is -0.372 e. The summed E-state index contributed by atoms with van der Waals surface area (Å²) in [6, 6.07) is 5.52. The Morgan fingerprint density at radius 2 is 2.21 bits per heavy atom. The SMILES string of the molecule is Cc1cnsc1NC(=O)C(=O)N[C@@H]1CCO[C@@H](c2ccccn2)C1. The average molecular weight is 346 g/mol. The van der Waals surface area contributed by atoms with Crippen molar-refractivity contribution in [3.63, 3.8) is 0 Å². The number of nitrogens with one attached hydrogen (secondary N) is 2. The second-order valence-corrected chi connectivity index (χ2v) is 6.40. The number of anilines is 1. The van der Waals surface area contributed by atoms with Gasteiger partial charge in [0, 0.05) is 30.6 Å². The van der Waals surface area contributed by atoms with Gasteiger partial charge in [-0.05, 0) is 43.4 Å². The summed E-state index contributed by atoms with van der Waals surface area (Å²) in [6.45, 7) is 2.34. The maximum atomic E-state index is 12.1. The van der Waals surface area contributed by atoms with Gasteiger partial charge in [-0.1, -0.05) is 6.07 Å². The van der Waals surface area contributed by atoms with Crippen LogP contribution in [0.25, 0.3) is 0 Å². The molecule has 0 radical (unpaired) electrons. The first-order valence-corrected chi connectivity index (χ1v) is 8.46. The molecule has 2 amide bonds. The molecule has 0 aliphatic carbocycles. The maximum Gasteiger partial charge on any atom is 0.314 e. The summed E-state index contributed by atoms with van der Waals surface area (Å²) in [5.74, 6) is -1.32. The van der Waals surface area contributed by atoms with E-state index in [1.165, 1.54) is 0 Å². The highest BCUT2D eigenvalue weighted by Gasteiger charge is 2.27. The number of aromatic nitrogens is 2. The molecule has 7 nitrogen and oxygen atoms in total. The summed E-state index contributed by atoms with van der Waals surface area (Å²) in [7, 11) is 0. The third-order valence-electron chi connectivity index (χ3n) is 3.82. The van der Waals surface area contributed by atoms with Crippen molar-refractivity contribution in [3.05, 3.63) is 41.9 Å². The zero-order valence-corrected chi connectivity index (χ0v) is 14.0. The Hall–Kier alpha value is -2.32. The van der Waals surface area contributed by atoms with E-state index in [1.54, 1.807) is 12.4 Å². The fourth-order valence-corrected chi connectivity index (χ4v) is 3.17. The van der Waals surface area contributed by atoms with Crippen molar-refractivity contribution in [2.24, 2.45) is 0 Å². The van der Waals surface area contributed by atoms with Crippen LogP contribution in [0.2, 0.25) is 0 Å². The lowest BCUT2D eigenvalue weighted by Gasteiger charge is -2.29. The highest BCUT2D eigenvalue weighted by molar-refractivity contribution is 7.10. The number of carbonyl (C=O) groups excluding carboxylic acids is 2. The molecule has 126 valence electrons. The van der Waals surface area contributed by atoms with Gasteiger partial charge < -0.3 is 15.4 Å². The van der Waals surface area contributed by atoms with Crippen LogP contribution < -0.4 is 10.6 Å². The molecule has 1 saturated heterocycles. The largest absolute Gasteiger partial charge is 0.372 e. The average Bonchev–Trinajstić information content (AvgIpc) is 3.00. The van der Waals surface area contributed by atoms with Crippen LogP contribution in [0.15, 0.2) is 30.6 Å². The first-order valence-electron chi connectivity index (χ1n) is 7.69. The van der Waals surface area contributed by atoms with E-state index in [-0.39, 0.29) is 12.1 Å². The van der Waals surface area contributed by atoms with Gasteiger partial charge in [0.1, 0.15) is 11.1 Å². The summed E-state index contributed by atoms with van der Waals surface area (Å²) >= 11 is 1.15. The van der Waals surface area contributed by atoms with E-state index in [4.69, 9.17) is 4.74 Å². The van der Waals surface area contributed by atoms with E-state index in [0.717, 1.165) is 22.8 Å². The Kier molecular flexibility index (Phi) is 5.17. The quantitative estimate of drug-likeness (QED) is 0.827. The molecule has 0 saturated carbocycles. The molecule has 2 N–H and O–H groups in total. The van der Waals surface area contributed by atoms with Gasteiger partial charge in [0.15, 0.2) is 0 Å². The second kappa shape index (κ2) is 7.50. The van der Waals surface area contributed by atoms with E-state index in [0.29, 0.717) is 24.4 Å². The van der Waals surface area contributed by atoms with Crippen LogP contribution in [0.1, 0.15) is 30.2 Å². The van der Waals surface area contributed by atoms with Gasteiger partial charge in [0.05, 0.1) is 5.69 Å². The number of aryl methyl sites for hydroxylation is 1. The molecule has 0 bridgehead atoms. The van der Waals surface area contributed by atoms with Crippen molar-refractivity contribution in [2.75, 3.05) is 11.9 Å².